The fourth-order valence-electron chi connectivity index (χ4n) is 1.39. The maximum atomic E-state index is 10.7. The minimum Gasteiger partial charge on any atom is -0.490 e. The Morgan fingerprint density at radius 1 is 1.47 bits per heavy atom. The number of hydrogen-bond acceptors (Lipinski definition) is 7. The summed E-state index contributed by atoms with van der Waals surface area (Å²) in [5.74, 6) is -1.97. The molecule has 1 heterocycles. The van der Waals surface area contributed by atoms with Crippen LogP contribution >= 0.6 is 0 Å². The molecule has 9 nitrogen and oxygen atoms in total. The molecule has 0 bridgehead atoms. The van der Waals surface area contributed by atoms with E-state index in [-0.39, 0.29) is 17.3 Å². The molecule has 0 amide bonds. The number of aromatic carboxylic acids is 1. The third-order valence-electron chi connectivity index (χ3n) is 2.23. The topological polar surface area (TPSA) is 129 Å². The fourth-order valence-corrected chi connectivity index (χ4v) is 1.39. The molecule has 1 N–H and O–H groups in total. The number of carboxylic acids is 1. The van der Waals surface area contributed by atoms with E-state index in [0.29, 0.717) is 5.56 Å². The van der Waals surface area contributed by atoms with Gasteiger partial charge in [0.15, 0.2) is 5.75 Å². The first-order valence-corrected chi connectivity index (χ1v) is 4.92. The average Bonchev–Trinajstić information content (AvgIpc) is 2.87. The van der Waals surface area contributed by atoms with Gasteiger partial charge in [-0.3, -0.25) is 10.1 Å². The lowest BCUT2D eigenvalue weighted by atomic mass is 10.2. The van der Waals surface area contributed by atoms with Gasteiger partial charge in [0.25, 0.3) is 0 Å². The maximum absolute atomic E-state index is 10.7. The van der Waals surface area contributed by atoms with Gasteiger partial charge >= 0.3 is 17.5 Å². The van der Waals surface area contributed by atoms with Crippen molar-refractivity contribution in [1.29, 1.82) is 0 Å². The van der Waals surface area contributed by atoms with Crippen LogP contribution in [-0.4, -0.2) is 33.3 Å². The number of aromatic nitrogens is 2. The van der Waals surface area contributed by atoms with E-state index in [0.717, 1.165) is 0 Å². The summed E-state index contributed by atoms with van der Waals surface area (Å²) in [4.78, 5) is 20.7. The Balaban J connectivity index is 2.45. The number of ether oxygens (including phenoxy) is 1. The Hall–Kier alpha value is -2.97. The van der Waals surface area contributed by atoms with Gasteiger partial charge in [-0.1, -0.05) is 0 Å². The van der Waals surface area contributed by atoms with Crippen LogP contribution in [0.2, 0.25) is 0 Å². The van der Waals surface area contributed by atoms with Crippen LogP contribution in [0.3, 0.4) is 0 Å². The van der Waals surface area contributed by atoms with Crippen LogP contribution in [0.4, 0.5) is 5.69 Å². The van der Waals surface area contributed by atoms with Crippen molar-refractivity contribution in [1.82, 2.24) is 10.2 Å². The molecule has 0 saturated carbocycles. The summed E-state index contributed by atoms with van der Waals surface area (Å²) in [7, 11) is 1.28. The first-order valence-electron chi connectivity index (χ1n) is 4.92. The number of nitro benzene ring substituents is 1. The number of nitrogens with zero attached hydrogens (tertiary/aromatic N) is 3. The molecule has 98 valence electrons. The number of rotatable bonds is 4. The van der Waals surface area contributed by atoms with Gasteiger partial charge in [0, 0.05) is 17.7 Å². The van der Waals surface area contributed by atoms with Crippen molar-refractivity contribution in [3.05, 3.63) is 34.2 Å². The van der Waals surface area contributed by atoms with Crippen molar-refractivity contribution < 1.29 is 24.0 Å². The lowest BCUT2D eigenvalue weighted by molar-refractivity contribution is -0.385. The van der Waals surface area contributed by atoms with E-state index in [2.05, 4.69) is 10.2 Å². The zero-order chi connectivity index (χ0) is 14.0. The Morgan fingerprint density at radius 2 is 2.21 bits per heavy atom. The maximum Gasteiger partial charge on any atom is 0.393 e. The number of carboxylic acid groups (broad SMARTS) is 1. The van der Waals surface area contributed by atoms with Crippen LogP contribution in [0.1, 0.15) is 10.7 Å². The molecule has 2 rings (SSSR count). The van der Waals surface area contributed by atoms with E-state index >= 15 is 0 Å². The number of methoxy groups -OCH3 is 1. The van der Waals surface area contributed by atoms with E-state index in [9.17, 15) is 14.9 Å². The second kappa shape index (κ2) is 4.72. The molecule has 0 radical (unpaired) electrons. The fraction of sp³-hybridized carbons (Fsp3) is 0.100. The molecular formula is C10H7N3O6. The number of nitro groups is 1. The molecule has 0 unspecified atom stereocenters. The molecule has 9 heteroatoms. The van der Waals surface area contributed by atoms with Gasteiger partial charge in [0.05, 0.1) is 12.0 Å². The van der Waals surface area contributed by atoms with Gasteiger partial charge < -0.3 is 14.3 Å². The highest BCUT2D eigenvalue weighted by molar-refractivity contribution is 5.82. The highest BCUT2D eigenvalue weighted by atomic mass is 16.6. The number of hydrogen-bond donors (Lipinski definition) is 1. The predicted octanol–water partition coefficient (Wildman–Crippen LogP) is 1.35. The monoisotopic (exact) mass is 265 g/mol. The molecule has 0 spiro atoms. The molecule has 0 aliphatic heterocycles. The quantitative estimate of drug-likeness (QED) is 0.647. The normalized spacial score (nSPS) is 10.2. The molecule has 1 aromatic heterocycles. The first kappa shape index (κ1) is 12.5. The molecule has 0 saturated heterocycles. The summed E-state index contributed by atoms with van der Waals surface area (Å²) in [5.41, 5.74) is 0.103. The number of carbonyl (C=O) groups is 1. The second-order valence-electron chi connectivity index (χ2n) is 3.36. The molecule has 0 atom stereocenters. The van der Waals surface area contributed by atoms with Crippen molar-refractivity contribution in [2.75, 3.05) is 7.11 Å². The van der Waals surface area contributed by atoms with E-state index < -0.39 is 16.8 Å². The van der Waals surface area contributed by atoms with E-state index in [4.69, 9.17) is 14.3 Å². The van der Waals surface area contributed by atoms with E-state index in [1.165, 1.54) is 25.3 Å². The van der Waals surface area contributed by atoms with Crippen LogP contribution in [0.15, 0.2) is 22.6 Å². The summed E-state index contributed by atoms with van der Waals surface area (Å²) in [5, 5.41) is 26.2. The smallest absolute Gasteiger partial charge is 0.393 e. The predicted molar refractivity (Wildman–Crippen MR) is 59.9 cm³/mol. The average molecular weight is 265 g/mol. The minimum absolute atomic E-state index is 0.0116. The highest BCUT2D eigenvalue weighted by Crippen LogP contribution is 2.31. The summed E-state index contributed by atoms with van der Waals surface area (Å²) in [6.07, 6.45) is 0. The van der Waals surface area contributed by atoms with Crippen molar-refractivity contribution in [2.45, 2.75) is 0 Å². The van der Waals surface area contributed by atoms with Gasteiger partial charge in [-0.15, -0.1) is 10.2 Å². The van der Waals surface area contributed by atoms with Gasteiger partial charge in [0.1, 0.15) is 0 Å². The van der Waals surface area contributed by atoms with E-state index in [1.807, 2.05) is 0 Å². The molecular weight excluding hydrogens is 258 g/mol. The van der Waals surface area contributed by atoms with Gasteiger partial charge in [-0.2, -0.15) is 0 Å². The summed E-state index contributed by atoms with van der Waals surface area (Å²) < 4.78 is 9.76. The third kappa shape index (κ3) is 2.34. The lowest BCUT2D eigenvalue weighted by Gasteiger charge is -2.02. The highest BCUT2D eigenvalue weighted by Gasteiger charge is 2.19. The molecule has 1 aromatic carbocycles. The lowest BCUT2D eigenvalue weighted by Crippen LogP contribution is -1.95. The van der Waals surface area contributed by atoms with Crippen molar-refractivity contribution >= 4 is 11.7 Å². The zero-order valence-electron chi connectivity index (χ0n) is 9.56. The van der Waals surface area contributed by atoms with Crippen LogP contribution < -0.4 is 4.74 Å². The van der Waals surface area contributed by atoms with Gasteiger partial charge in [0.2, 0.25) is 5.89 Å². The van der Waals surface area contributed by atoms with Crippen molar-refractivity contribution in [2.24, 2.45) is 0 Å². The van der Waals surface area contributed by atoms with Crippen LogP contribution in [-0.2, 0) is 0 Å². The van der Waals surface area contributed by atoms with Crippen molar-refractivity contribution in [3.63, 3.8) is 0 Å². The molecule has 2 aromatic rings. The Morgan fingerprint density at radius 3 is 2.74 bits per heavy atom. The Labute approximate surface area is 105 Å². The van der Waals surface area contributed by atoms with Crippen LogP contribution in [0, 0.1) is 10.1 Å². The Bertz CT molecular complexity index is 650. The molecule has 19 heavy (non-hydrogen) atoms. The third-order valence-corrected chi connectivity index (χ3v) is 2.23. The van der Waals surface area contributed by atoms with Gasteiger partial charge in [-0.25, -0.2) is 4.79 Å². The van der Waals surface area contributed by atoms with E-state index in [1.54, 1.807) is 0 Å². The molecule has 0 fully saturated rings. The van der Waals surface area contributed by atoms with Gasteiger partial charge in [-0.05, 0) is 6.07 Å². The van der Waals surface area contributed by atoms with Crippen molar-refractivity contribution in [3.8, 4) is 17.2 Å². The molecule has 0 aliphatic carbocycles. The number of benzene rings is 1. The standard InChI is InChI=1S/C10H7N3O6/c1-18-7-4-5(2-3-6(7)13(16)17)8-11-12-9(19-8)10(14)15/h2-4H,1H3,(H,14,15). The first-order chi connectivity index (χ1) is 9.02. The second-order valence-corrected chi connectivity index (χ2v) is 3.36. The van der Waals surface area contributed by atoms with Crippen LogP contribution in [0.25, 0.3) is 11.5 Å². The minimum atomic E-state index is -1.35. The van der Waals surface area contributed by atoms with Crippen LogP contribution in [0.5, 0.6) is 5.75 Å². The SMILES string of the molecule is COc1cc(-c2nnc(C(=O)O)o2)ccc1[N+](=O)[O-]. The summed E-state index contributed by atoms with van der Waals surface area (Å²) in [6, 6.07) is 3.88. The molecule has 0 aliphatic rings. The zero-order valence-corrected chi connectivity index (χ0v) is 9.56. The summed E-state index contributed by atoms with van der Waals surface area (Å²) in [6.45, 7) is 0. The largest absolute Gasteiger partial charge is 0.490 e. The Kier molecular flexibility index (Phi) is 3.10. The summed E-state index contributed by atoms with van der Waals surface area (Å²) >= 11 is 0.